The predicted molar refractivity (Wildman–Crippen MR) is 216 cm³/mol. The Morgan fingerprint density at radius 1 is 0.686 bits per heavy atom. The average molecular weight is 684 g/mol. The summed E-state index contributed by atoms with van der Waals surface area (Å²) in [6, 6.07) is 42.9. The standard InChI is InChI=1S/C45H41N5S/c1-48-44(51-45(46)47)40-20-10-8-18-38(40)36-24-12-21-33-34(36)22-11-23-35(33)37-17-7-9-19-39(37)42-28-41(49-43(50-42)30-14-3-2-4-15-30)32-26-25-29-13-5-6-16-31(29)27-32/h2-27,33-34,42,44-45,48H,28,46-47H2,1H3. The first-order valence-corrected chi connectivity index (χ1v) is 18.5. The van der Waals surface area contributed by atoms with Crippen molar-refractivity contribution in [2.45, 2.75) is 23.3 Å². The number of nitrogens with two attached hydrogens (primary N) is 2. The van der Waals surface area contributed by atoms with E-state index >= 15 is 0 Å². The SMILES string of the molecule is CNC(SC(N)N)c1ccccc1C1=CC=CC2C(c3ccccc3C3CC(c4ccc5ccccc5c4)=NC(c4ccccc4)=N3)=CC=CC12. The molecule has 5 N–H and O–H groups in total. The molecule has 1 heterocycles. The first-order valence-electron chi connectivity index (χ1n) is 17.6. The summed E-state index contributed by atoms with van der Waals surface area (Å²) >= 11 is 1.52. The Kier molecular flexibility index (Phi) is 9.48. The third kappa shape index (κ3) is 6.72. The fourth-order valence-electron chi connectivity index (χ4n) is 7.68. The van der Waals surface area contributed by atoms with Crippen LogP contribution < -0.4 is 16.8 Å². The van der Waals surface area contributed by atoms with Crippen molar-refractivity contribution in [1.82, 2.24) is 5.32 Å². The first kappa shape index (κ1) is 33.1. The van der Waals surface area contributed by atoms with Gasteiger partial charge in [-0.2, -0.15) is 0 Å². The highest BCUT2D eigenvalue weighted by Gasteiger charge is 2.33. The van der Waals surface area contributed by atoms with E-state index in [2.05, 4.69) is 157 Å². The van der Waals surface area contributed by atoms with Crippen molar-refractivity contribution in [3.05, 3.63) is 191 Å². The maximum absolute atomic E-state index is 6.04. The lowest BCUT2D eigenvalue weighted by atomic mass is 9.70. The largest absolute Gasteiger partial charge is 0.307 e. The summed E-state index contributed by atoms with van der Waals surface area (Å²) < 4.78 is 0. The number of thioether (sulfide) groups is 1. The number of nitrogens with zero attached hydrogens (tertiary/aromatic N) is 2. The minimum absolute atomic E-state index is 0.0313. The van der Waals surface area contributed by atoms with Gasteiger partial charge in [0.05, 0.1) is 17.1 Å². The molecule has 0 fully saturated rings. The molecular weight excluding hydrogens is 643 g/mol. The third-order valence-corrected chi connectivity index (χ3v) is 11.1. The number of hydrogen-bond acceptors (Lipinski definition) is 6. The van der Waals surface area contributed by atoms with Gasteiger partial charge in [0.25, 0.3) is 0 Å². The Morgan fingerprint density at radius 3 is 2.08 bits per heavy atom. The van der Waals surface area contributed by atoms with Gasteiger partial charge >= 0.3 is 0 Å². The molecule has 51 heavy (non-hydrogen) atoms. The number of hydrogen-bond donors (Lipinski definition) is 3. The molecule has 5 aromatic carbocycles. The Morgan fingerprint density at radius 2 is 1.33 bits per heavy atom. The Balaban J connectivity index is 1.17. The van der Waals surface area contributed by atoms with Crippen LogP contribution in [0.15, 0.2) is 168 Å². The number of rotatable bonds is 9. The monoisotopic (exact) mass is 683 g/mol. The summed E-state index contributed by atoms with van der Waals surface area (Å²) in [5.74, 6) is 1.10. The highest BCUT2D eigenvalue weighted by molar-refractivity contribution is 8.00. The number of amidine groups is 1. The van der Waals surface area contributed by atoms with Gasteiger partial charge in [0.15, 0.2) is 5.84 Å². The second-order valence-corrected chi connectivity index (χ2v) is 14.5. The van der Waals surface area contributed by atoms with Crippen LogP contribution >= 0.6 is 11.8 Å². The number of benzene rings is 5. The van der Waals surface area contributed by atoms with Crippen molar-refractivity contribution >= 4 is 45.2 Å². The molecule has 1 aliphatic heterocycles. The molecule has 4 atom stereocenters. The lowest BCUT2D eigenvalue weighted by molar-refractivity contribution is 0.686. The van der Waals surface area contributed by atoms with E-state index in [0.717, 1.165) is 22.7 Å². The van der Waals surface area contributed by atoms with Crippen LogP contribution in [-0.2, 0) is 0 Å². The van der Waals surface area contributed by atoms with Crippen molar-refractivity contribution in [2.24, 2.45) is 33.3 Å². The zero-order valence-corrected chi connectivity index (χ0v) is 29.4. The van der Waals surface area contributed by atoms with Crippen molar-refractivity contribution in [1.29, 1.82) is 0 Å². The molecule has 2 aliphatic carbocycles. The topological polar surface area (TPSA) is 88.8 Å². The molecule has 3 aliphatic rings. The van der Waals surface area contributed by atoms with Crippen molar-refractivity contribution in [2.75, 3.05) is 7.05 Å². The number of nitrogens with one attached hydrogen (secondary N) is 1. The average Bonchev–Trinajstić information content (AvgIpc) is 3.19. The Hall–Kier alpha value is -5.11. The van der Waals surface area contributed by atoms with Gasteiger partial charge in [-0.25, -0.2) is 4.99 Å². The van der Waals surface area contributed by atoms with E-state index in [1.54, 1.807) is 0 Å². The second-order valence-electron chi connectivity index (χ2n) is 13.2. The normalized spacial score (nSPS) is 20.4. The molecule has 5 aromatic rings. The number of aliphatic imine (C=N–C) groups is 2. The minimum atomic E-state index is -0.485. The molecule has 0 radical (unpaired) electrons. The lowest BCUT2D eigenvalue weighted by Crippen LogP contribution is -2.30. The summed E-state index contributed by atoms with van der Waals surface area (Å²) in [4.78, 5) is 10.6. The van der Waals surface area contributed by atoms with Gasteiger partial charge in [-0.3, -0.25) is 4.99 Å². The van der Waals surface area contributed by atoms with E-state index < -0.39 is 5.50 Å². The molecule has 5 nitrogen and oxygen atoms in total. The molecule has 0 spiro atoms. The smallest absolute Gasteiger partial charge is 0.155 e. The van der Waals surface area contributed by atoms with Gasteiger partial charge in [-0.15, -0.1) is 11.8 Å². The van der Waals surface area contributed by atoms with Gasteiger partial charge < -0.3 is 16.8 Å². The predicted octanol–water partition coefficient (Wildman–Crippen LogP) is 9.21. The fraction of sp³-hybridized carbons (Fsp3) is 0.156. The first-order chi connectivity index (χ1) is 25.1. The van der Waals surface area contributed by atoms with Crippen molar-refractivity contribution in [3.8, 4) is 0 Å². The molecule has 252 valence electrons. The van der Waals surface area contributed by atoms with Crippen LogP contribution in [0.3, 0.4) is 0 Å². The lowest BCUT2D eigenvalue weighted by Gasteiger charge is -2.34. The summed E-state index contributed by atoms with van der Waals surface area (Å²) in [7, 11) is 1.96. The van der Waals surface area contributed by atoms with Crippen LogP contribution in [0.5, 0.6) is 0 Å². The molecule has 4 unspecified atom stereocenters. The fourth-order valence-corrected chi connectivity index (χ4v) is 8.48. The summed E-state index contributed by atoms with van der Waals surface area (Å²) in [5.41, 5.74) is 22.2. The maximum Gasteiger partial charge on any atom is 0.155 e. The van der Waals surface area contributed by atoms with E-state index in [4.69, 9.17) is 21.5 Å². The van der Waals surface area contributed by atoms with Crippen molar-refractivity contribution in [3.63, 3.8) is 0 Å². The molecule has 0 saturated heterocycles. The van der Waals surface area contributed by atoms with Crippen LogP contribution in [0.25, 0.3) is 21.9 Å². The van der Waals surface area contributed by atoms with Gasteiger partial charge in [0.1, 0.15) is 5.50 Å². The zero-order valence-electron chi connectivity index (χ0n) is 28.6. The van der Waals surface area contributed by atoms with E-state index in [9.17, 15) is 0 Å². The Bertz CT molecular complexity index is 2260. The van der Waals surface area contributed by atoms with E-state index in [1.165, 1.54) is 55.9 Å². The van der Waals surface area contributed by atoms with Gasteiger partial charge in [-0.05, 0) is 62.8 Å². The van der Waals surface area contributed by atoms with Crippen LogP contribution in [0.4, 0.5) is 0 Å². The molecule has 0 amide bonds. The van der Waals surface area contributed by atoms with E-state index in [-0.39, 0.29) is 23.3 Å². The van der Waals surface area contributed by atoms with E-state index in [0.29, 0.717) is 6.42 Å². The highest BCUT2D eigenvalue weighted by atomic mass is 32.2. The van der Waals surface area contributed by atoms with Crippen LogP contribution in [0.1, 0.15) is 51.2 Å². The van der Waals surface area contributed by atoms with Crippen LogP contribution in [0, 0.1) is 11.8 Å². The highest BCUT2D eigenvalue weighted by Crippen LogP contribution is 2.47. The quantitative estimate of drug-likeness (QED) is 0.135. The van der Waals surface area contributed by atoms with Crippen LogP contribution in [-0.4, -0.2) is 24.1 Å². The molecule has 0 aromatic heterocycles. The number of fused-ring (bicyclic) bond motifs is 2. The second kappa shape index (κ2) is 14.6. The zero-order chi connectivity index (χ0) is 34.7. The maximum atomic E-state index is 6.04. The molecule has 8 rings (SSSR count). The van der Waals surface area contributed by atoms with E-state index in [1.807, 2.05) is 13.1 Å². The third-order valence-electron chi connectivity index (χ3n) is 10.1. The molecule has 6 heteroatoms. The summed E-state index contributed by atoms with van der Waals surface area (Å²) in [6.45, 7) is 0. The minimum Gasteiger partial charge on any atom is -0.307 e. The van der Waals surface area contributed by atoms with Gasteiger partial charge in [0.2, 0.25) is 0 Å². The molecule has 0 bridgehead atoms. The Labute approximate surface area is 304 Å². The number of allylic oxidation sites excluding steroid dienone is 8. The van der Waals surface area contributed by atoms with Gasteiger partial charge in [-0.1, -0.05) is 152 Å². The molecule has 0 saturated carbocycles. The van der Waals surface area contributed by atoms with Crippen molar-refractivity contribution < 1.29 is 0 Å². The molecular formula is C45H41N5S. The van der Waals surface area contributed by atoms with Crippen LogP contribution in [0.2, 0.25) is 0 Å². The summed E-state index contributed by atoms with van der Waals surface area (Å²) in [6.07, 6.45) is 14.4. The summed E-state index contributed by atoms with van der Waals surface area (Å²) in [5, 5.41) is 5.83. The van der Waals surface area contributed by atoms with Gasteiger partial charge in [0, 0.05) is 23.8 Å².